The monoisotopic (exact) mass is 293 g/mol. The lowest BCUT2D eigenvalue weighted by Crippen LogP contribution is -2.40. The van der Waals surface area contributed by atoms with Crippen molar-refractivity contribution in [3.63, 3.8) is 0 Å². The average molecular weight is 293 g/mol. The van der Waals surface area contributed by atoms with Crippen molar-refractivity contribution in [3.8, 4) is 5.75 Å². The molecule has 0 saturated carbocycles. The number of hydrogen-bond acceptors (Lipinski definition) is 4. The summed E-state index contributed by atoms with van der Waals surface area (Å²) in [5.74, 6) is -0.0308. The van der Waals surface area contributed by atoms with Gasteiger partial charge in [0.05, 0.1) is 18.4 Å². The summed E-state index contributed by atoms with van der Waals surface area (Å²) in [6.45, 7) is 2.49. The van der Waals surface area contributed by atoms with E-state index >= 15 is 0 Å². The first-order valence-electron chi connectivity index (χ1n) is 6.84. The van der Waals surface area contributed by atoms with Crippen LogP contribution in [0.15, 0.2) is 18.2 Å². The van der Waals surface area contributed by atoms with Gasteiger partial charge < -0.3 is 20.3 Å². The maximum Gasteiger partial charge on any atom is 0.258 e. The van der Waals surface area contributed by atoms with Crippen molar-refractivity contribution in [2.24, 2.45) is 0 Å². The van der Waals surface area contributed by atoms with Gasteiger partial charge in [0.25, 0.3) is 5.91 Å². The Kier molecular flexibility index (Phi) is 6.02. The van der Waals surface area contributed by atoms with Crippen LogP contribution in [0, 0.1) is 0 Å². The van der Waals surface area contributed by atoms with Crippen molar-refractivity contribution in [2.75, 3.05) is 40.0 Å². The van der Waals surface area contributed by atoms with Crippen molar-refractivity contribution in [1.29, 1.82) is 0 Å². The number of hydrogen-bond donors (Lipinski definition) is 1. The molecule has 21 heavy (non-hydrogen) atoms. The SMILES string of the molecule is CCCN(CC(=O)N(C)C)C(=O)c1cccc(N)c1OC. The Balaban J connectivity index is 3.06. The van der Waals surface area contributed by atoms with E-state index in [1.165, 1.54) is 16.9 Å². The highest BCUT2D eigenvalue weighted by Gasteiger charge is 2.22. The van der Waals surface area contributed by atoms with Crippen LogP contribution >= 0.6 is 0 Å². The fourth-order valence-corrected chi connectivity index (χ4v) is 1.95. The van der Waals surface area contributed by atoms with E-state index < -0.39 is 0 Å². The van der Waals surface area contributed by atoms with Crippen LogP contribution in [0.4, 0.5) is 5.69 Å². The minimum atomic E-state index is -0.254. The van der Waals surface area contributed by atoms with Gasteiger partial charge in [0.15, 0.2) is 5.75 Å². The van der Waals surface area contributed by atoms with Gasteiger partial charge in [-0.15, -0.1) is 0 Å². The average Bonchev–Trinajstić information content (AvgIpc) is 2.45. The summed E-state index contributed by atoms with van der Waals surface area (Å²) in [5, 5.41) is 0. The van der Waals surface area contributed by atoms with E-state index in [9.17, 15) is 9.59 Å². The summed E-state index contributed by atoms with van der Waals surface area (Å²) in [6.07, 6.45) is 0.761. The second-order valence-corrected chi connectivity index (χ2v) is 4.94. The second kappa shape index (κ2) is 7.52. The molecule has 0 spiro atoms. The molecule has 0 radical (unpaired) electrons. The molecule has 0 aliphatic heterocycles. The Hall–Kier alpha value is -2.24. The molecule has 0 unspecified atom stereocenters. The zero-order chi connectivity index (χ0) is 16.0. The van der Waals surface area contributed by atoms with E-state index in [2.05, 4.69) is 0 Å². The van der Waals surface area contributed by atoms with Crippen LogP contribution in [0.25, 0.3) is 0 Å². The van der Waals surface area contributed by atoms with Crippen molar-refractivity contribution in [2.45, 2.75) is 13.3 Å². The molecule has 0 aliphatic rings. The highest BCUT2D eigenvalue weighted by Crippen LogP contribution is 2.27. The number of nitrogens with two attached hydrogens (primary N) is 1. The lowest BCUT2D eigenvalue weighted by atomic mass is 10.1. The van der Waals surface area contributed by atoms with Crippen LogP contribution < -0.4 is 10.5 Å². The molecule has 2 amide bonds. The largest absolute Gasteiger partial charge is 0.494 e. The number of carbonyl (C=O) groups is 2. The van der Waals surface area contributed by atoms with Gasteiger partial charge in [0.1, 0.15) is 6.54 Å². The normalized spacial score (nSPS) is 10.1. The van der Waals surface area contributed by atoms with E-state index in [-0.39, 0.29) is 18.4 Å². The molecule has 1 rings (SSSR count). The molecule has 0 fully saturated rings. The van der Waals surface area contributed by atoms with Gasteiger partial charge >= 0.3 is 0 Å². The van der Waals surface area contributed by atoms with Crippen LogP contribution in [0.3, 0.4) is 0 Å². The number of anilines is 1. The number of nitrogens with zero attached hydrogens (tertiary/aromatic N) is 2. The Morgan fingerprint density at radius 2 is 1.95 bits per heavy atom. The Morgan fingerprint density at radius 1 is 1.29 bits per heavy atom. The number of likely N-dealkylation sites (N-methyl/N-ethyl adjacent to an activating group) is 1. The molecule has 1 aromatic carbocycles. The van der Waals surface area contributed by atoms with Gasteiger partial charge in [-0.2, -0.15) is 0 Å². The molecule has 0 aromatic heterocycles. The number of amides is 2. The van der Waals surface area contributed by atoms with E-state index in [1.807, 2.05) is 6.92 Å². The van der Waals surface area contributed by atoms with Crippen molar-refractivity contribution in [1.82, 2.24) is 9.80 Å². The third-order valence-electron chi connectivity index (χ3n) is 3.09. The molecule has 0 aliphatic carbocycles. The molecule has 6 heteroatoms. The van der Waals surface area contributed by atoms with Gasteiger partial charge in [-0.05, 0) is 18.6 Å². The fraction of sp³-hybridized carbons (Fsp3) is 0.467. The summed E-state index contributed by atoms with van der Waals surface area (Å²) in [4.78, 5) is 27.5. The second-order valence-electron chi connectivity index (χ2n) is 4.94. The minimum Gasteiger partial charge on any atom is -0.494 e. The number of methoxy groups -OCH3 is 1. The molecule has 1 aromatic rings. The van der Waals surface area contributed by atoms with Gasteiger partial charge in [-0.3, -0.25) is 9.59 Å². The topological polar surface area (TPSA) is 75.9 Å². The number of carbonyl (C=O) groups excluding carboxylic acids is 2. The first kappa shape index (κ1) is 16.8. The van der Waals surface area contributed by atoms with Crippen LogP contribution in [0.1, 0.15) is 23.7 Å². The first-order valence-corrected chi connectivity index (χ1v) is 6.84. The lowest BCUT2D eigenvalue weighted by Gasteiger charge is -2.24. The quantitative estimate of drug-likeness (QED) is 0.800. The van der Waals surface area contributed by atoms with Crippen molar-refractivity contribution >= 4 is 17.5 Å². The highest BCUT2D eigenvalue weighted by atomic mass is 16.5. The van der Waals surface area contributed by atoms with Gasteiger partial charge in [0.2, 0.25) is 5.91 Å². The summed E-state index contributed by atoms with van der Waals surface area (Å²) < 4.78 is 5.21. The molecule has 0 bridgehead atoms. The number of para-hydroxylation sites is 1. The van der Waals surface area contributed by atoms with E-state index in [0.29, 0.717) is 23.5 Å². The van der Waals surface area contributed by atoms with E-state index in [1.54, 1.807) is 32.3 Å². The molecule has 0 saturated heterocycles. The molecular formula is C15H23N3O3. The summed E-state index contributed by atoms with van der Waals surface area (Å²) >= 11 is 0. The van der Waals surface area contributed by atoms with Crippen LogP contribution in [-0.2, 0) is 4.79 Å². The fourth-order valence-electron chi connectivity index (χ4n) is 1.95. The van der Waals surface area contributed by atoms with Crippen LogP contribution in [0.2, 0.25) is 0 Å². The van der Waals surface area contributed by atoms with Gasteiger partial charge in [-0.1, -0.05) is 13.0 Å². The first-order chi connectivity index (χ1) is 9.92. The molecule has 6 nitrogen and oxygen atoms in total. The van der Waals surface area contributed by atoms with Crippen LogP contribution in [-0.4, -0.2) is 55.9 Å². The zero-order valence-corrected chi connectivity index (χ0v) is 13.0. The van der Waals surface area contributed by atoms with Gasteiger partial charge in [-0.25, -0.2) is 0 Å². The number of nitrogen functional groups attached to an aromatic ring is 1. The third-order valence-corrected chi connectivity index (χ3v) is 3.09. The standard InChI is InChI=1S/C15H23N3O3/c1-5-9-18(10-13(19)17(2)3)15(20)11-7-6-8-12(16)14(11)21-4/h6-8H,5,9-10,16H2,1-4H3. The molecule has 2 N–H and O–H groups in total. The summed E-state index contributed by atoms with van der Waals surface area (Å²) in [6, 6.07) is 5.02. The summed E-state index contributed by atoms with van der Waals surface area (Å²) in [7, 11) is 4.80. The predicted molar refractivity (Wildman–Crippen MR) is 82.3 cm³/mol. The maximum absolute atomic E-state index is 12.6. The smallest absolute Gasteiger partial charge is 0.258 e. The predicted octanol–water partition coefficient (Wildman–Crippen LogP) is 1.22. The Bertz CT molecular complexity index is 515. The Labute approximate surface area is 125 Å². The minimum absolute atomic E-state index is 0.0393. The highest BCUT2D eigenvalue weighted by molar-refractivity contribution is 6.00. The molecule has 0 atom stereocenters. The zero-order valence-electron chi connectivity index (χ0n) is 13.0. The Morgan fingerprint density at radius 3 is 2.48 bits per heavy atom. The molecular weight excluding hydrogens is 270 g/mol. The van der Waals surface area contributed by atoms with Gasteiger partial charge in [0, 0.05) is 20.6 Å². The van der Waals surface area contributed by atoms with Crippen molar-refractivity contribution in [3.05, 3.63) is 23.8 Å². The molecule has 116 valence electrons. The van der Waals surface area contributed by atoms with E-state index in [0.717, 1.165) is 6.42 Å². The third kappa shape index (κ3) is 4.11. The van der Waals surface area contributed by atoms with Crippen LogP contribution in [0.5, 0.6) is 5.75 Å². The molecule has 0 heterocycles. The number of ether oxygens (including phenoxy) is 1. The lowest BCUT2D eigenvalue weighted by molar-refractivity contribution is -0.129. The van der Waals surface area contributed by atoms with Crippen molar-refractivity contribution < 1.29 is 14.3 Å². The number of benzene rings is 1. The summed E-state index contributed by atoms with van der Waals surface area (Å²) in [5.41, 5.74) is 6.60. The number of rotatable bonds is 6. The van der Waals surface area contributed by atoms with E-state index in [4.69, 9.17) is 10.5 Å². The maximum atomic E-state index is 12.6.